The molecule has 1 amide bonds. The highest BCUT2D eigenvalue weighted by atomic mass is 35.5. The quantitative estimate of drug-likeness (QED) is 0.489. The molecule has 1 aromatic heterocycles. The highest BCUT2D eigenvalue weighted by Crippen LogP contribution is 2.24. The Morgan fingerprint density at radius 1 is 1.18 bits per heavy atom. The summed E-state index contributed by atoms with van der Waals surface area (Å²) in [6, 6.07) is 14.7. The molecule has 0 bridgehead atoms. The summed E-state index contributed by atoms with van der Waals surface area (Å²) in [7, 11) is 0. The van der Waals surface area contributed by atoms with Gasteiger partial charge in [0.2, 0.25) is 0 Å². The van der Waals surface area contributed by atoms with Crippen LogP contribution in [0.2, 0.25) is 5.02 Å². The van der Waals surface area contributed by atoms with Crippen LogP contribution in [0.25, 0.3) is 16.9 Å². The number of nitrogens with one attached hydrogen (secondary N) is 1. The molecule has 0 radical (unpaired) electrons. The molecule has 0 spiro atoms. The van der Waals surface area contributed by atoms with Gasteiger partial charge in [0, 0.05) is 29.3 Å². The number of carbonyl (C=O) groups is 1. The van der Waals surface area contributed by atoms with Crippen LogP contribution in [0.5, 0.6) is 0 Å². The summed E-state index contributed by atoms with van der Waals surface area (Å²) in [6.45, 7) is 4.57. The molecule has 28 heavy (non-hydrogen) atoms. The largest absolute Gasteiger partial charge is 0.350 e. The average molecular weight is 399 g/mol. The smallest absolute Gasteiger partial charge is 0.270 e. The second-order valence-electron chi connectivity index (χ2n) is 6.71. The molecule has 0 atom stereocenters. The number of amides is 1. The molecule has 144 valence electrons. The number of non-ortho nitro benzene ring substituents is 1. The SMILES string of the molecule is CC(C)CNC(=O)c1cc(-c2ccc([N+](=O)[O-])cc2)nn1-c1ccc(Cl)cc1. The van der Waals surface area contributed by atoms with E-state index in [-0.39, 0.29) is 11.6 Å². The van der Waals surface area contributed by atoms with Crippen LogP contribution in [0.1, 0.15) is 24.3 Å². The summed E-state index contributed by atoms with van der Waals surface area (Å²) in [5.41, 5.74) is 2.27. The third-order valence-corrected chi connectivity index (χ3v) is 4.31. The lowest BCUT2D eigenvalue weighted by Crippen LogP contribution is -2.29. The topological polar surface area (TPSA) is 90.1 Å². The minimum absolute atomic E-state index is 0.00390. The molecule has 2 aromatic carbocycles. The fraction of sp³-hybridized carbons (Fsp3) is 0.200. The molecule has 0 saturated heterocycles. The first kappa shape index (κ1) is 19.6. The van der Waals surface area contributed by atoms with Crippen molar-refractivity contribution in [1.29, 1.82) is 0 Å². The van der Waals surface area contributed by atoms with Crippen LogP contribution in [0, 0.1) is 16.0 Å². The van der Waals surface area contributed by atoms with Crippen molar-refractivity contribution in [3.8, 4) is 16.9 Å². The number of nitrogens with zero attached hydrogens (tertiary/aromatic N) is 3. The molecule has 3 rings (SSSR count). The van der Waals surface area contributed by atoms with Gasteiger partial charge in [-0.15, -0.1) is 0 Å². The second kappa shape index (κ2) is 8.22. The Labute approximate surface area is 167 Å². The van der Waals surface area contributed by atoms with Crippen molar-refractivity contribution in [2.45, 2.75) is 13.8 Å². The second-order valence-corrected chi connectivity index (χ2v) is 7.15. The van der Waals surface area contributed by atoms with Gasteiger partial charge in [-0.05, 0) is 48.4 Å². The van der Waals surface area contributed by atoms with Crippen molar-refractivity contribution in [2.24, 2.45) is 5.92 Å². The lowest BCUT2D eigenvalue weighted by atomic mass is 10.1. The van der Waals surface area contributed by atoms with E-state index in [4.69, 9.17) is 11.6 Å². The van der Waals surface area contributed by atoms with E-state index < -0.39 is 4.92 Å². The number of nitro benzene ring substituents is 1. The van der Waals surface area contributed by atoms with Crippen LogP contribution in [0.15, 0.2) is 54.6 Å². The number of benzene rings is 2. The molecular weight excluding hydrogens is 380 g/mol. The molecule has 3 aromatic rings. The Morgan fingerprint density at radius 3 is 2.39 bits per heavy atom. The molecule has 7 nitrogen and oxygen atoms in total. The zero-order chi connectivity index (χ0) is 20.3. The lowest BCUT2D eigenvalue weighted by molar-refractivity contribution is -0.384. The van der Waals surface area contributed by atoms with Gasteiger partial charge in [0.05, 0.1) is 16.3 Å². The van der Waals surface area contributed by atoms with Crippen LogP contribution in [0.4, 0.5) is 5.69 Å². The van der Waals surface area contributed by atoms with Crippen molar-refractivity contribution in [2.75, 3.05) is 6.54 Å². The molecule has 0 fully saturated rings. The van der Waals surface area contributed by atoms with E-state index in [1.165, 1.54) is 12.1 Å². The van der Waals surface area contributed by atoms with E-state index in [9.17, 15) is 14.9 Å². The Balaban J connectivity index is 2.02. The number of hydrogen-bond donors (Lipinski definition) is 1. The summed E-state index contributed by atoms with van der Waals surface area (Å²) < 4.78 is 1.54. The number of halogens is 1. The number of nitro groups is 1. The molecule has 8 heteroatoms. The Hall–Kier alpha value is -3.19. The summed E-state index contributed by atoms with van der Waals surface area (Å²) in [4.78, 5) is 23.1. The van der Waals surface area contributed by atoms with Gasteiger partial charge in [0.15, 0.2) is 0 Å². The highest BCUT2D eigenvalue weighted by molar-refractivity contribution is 6.30. The van der Waals surface area contributed by atoms with E-state index in [1.807, 2.05) is 13.8 Å². The van der Waals surface area contributed by atoms with E-state index in [0.29, 0.717) is 40.1 Å². The van der Waals surface area contributed by atoms with Crippen LogP contribution < -0.4 is 5.32 Å². The Morgan fingerprint density at radius 2 is 1.82 bits per heavy atom. The molecule has 0 aliphatic rings. The normalized spacial score (nSPS) is 10.9. The van der Waals surface area contributed by atoms with Gasteiger partial charge in [0.25, 0.3) is 11.6 Å². The van der Waals surface area contributed by atoms with Crippen molar-refractivity contribution in [3.63, 3.8) is 0 Å². The summed E-state index contributed by atoms with van der Waals surface area (Å²) >= 11 is 5.96. The van der Waals surface area contributed by atoms with Gasteiger partial charge in [-0.3, -0.25) is 14.9 Å². The third-order valence-electron chi connectivity index (χ3n) is 4.06. The minimum Gasteiger partial charge on any atom is -0.350 e. The molecule has 1 N–H and O–H groups in total. The van der Waals surface area contributed by atoms with E-state index in [0.717, 1.165) is 0 Å². The van der Waals surface area contributed by atoms with Crippen molar-refractivity contribution in [1.82, 2.24) is 15.1 Å². The fourth-order valence-electron chi connectivity index (χ4n) is 2.60. The zero-order valence-corrected chi connectivity index (χ0v) is 16.2. The molecular formula is C20H19ClN4O3. The maximum absolute atomic E-state index is 12.7. The van der Waals surface area contributed by atoms with E-state index in [2.05, 4.69) is 10.4 Å². The fourth-order valence-corrected chi connectivity index (χ4v) is 2.73. The number of aromatic nitrogens is 2. The number of rotatable bonds is 6. The molecule has 0 aliphatic carbocycles. The van der Waals surface area contributed by atoms with Crippen molar-refractivity contribution >= 4 is 23.2 Å². The molecule has 1 heterocycles. The minimum atomic E-state index is -0.457. The van der Waals surface area contributed by atoms with Crippen LogP contribution in [-0.2, 0) is 0 Å². The standard InChI is InChI=1S/C20H19ClN4O3/c1-13(2)12-22-20(26)19-11-18(14-3-7-17(8-4-14)25(27)28)23-24(19)16-9-5-15(21)6-10-16/h3-11,13H,12H2,1-2H3,(H,22,26). The Bertz CT molecular complexity index is 995. The molecule has 0 saturated carbocycles. The third kappa shape index (κ3) is 4.37. The van der Waals surface area contributed by atoms with E-state index in [1.54, 1.807) is 47.1 Å². The first-order chi connectivity index (χ1) is 13.3. The molecule has 0 unspecified atom stereocenters. The van der Waals surface area contributed by atoms with Crippen LogP contribution in [0.3, 0.4) is 0 Å². The van der Waals surface area contributed by atoms with Gasteiger partial charge in [0.1, 0.15) is 5.69 Å². The first-order valence-corrected chi connectivity index (χ1v) is 9.12. The van der Waals surface area contributed by atoms with Gasteiger partial charge < -0.3 is 5.32 Å². The molecule has 0 aliphatic heterocycles. The predicted octanol–water partition coefficient (Wildman–Crippen LogP) is 4.49. The van der Waals surface area contributed by atoms with Gasteiger partial charge in [-0.25, -0.2) is 4.68 Å². The summed E-state index contributed by atoms with van der Waals surface area (Å²) in [6.07, 6.45) is 0. The van der Waals surface area contributed by atoms with Crippen molar-refractivity contribution < 1.29 is 9.72 Å². The zero-order valence-electron chi connectivity index (χ0n) is 15.4. The van der Waals surface area contributed by atoms with Gasteiger partial charge in [-0.2, -0.15) is 5.10 Å². The predicted molar refractivity (Wildman–Crippen MR) is 108 cm³/mol. The van der Waals surface area contributed by atoms with Crippen molar-refractivity contribution in [3.05, 3.63) is 75.4 Å². The van der Waals surface area contributed by atoms with Gasteiger partial charge >= 0.3 is 0 Å². The first-order valence-electron chi connectivity index (χ1n) is 8.74. The summed E-state index contributed by atoms with van der Waals surface area (Å²) in [5, 5.41) is 18.9. The maximum atomic E-state index is 12.7. The van der Waals surface area contributed by atoms with E-state index >= 15 is 0 Å². The number of carbonyl (C=O) groups excluding carboxylic acids is 1. The maximum Gasteiger partial charge on any atom is 0.270 e. The van der Waals surface area contributed by atoms with Crippen LogP contribution in [-0.4, -0.2) is 27.2 Å². The highest BCUT2D eigenvalue weighted by Gasteiger charge is 2.18. The number of hydrogen-bond acceptors (Lipinski definition) is 4. The monoisotopic (exact) mass is 398 g/mol. The summed E-state index contributed by atoms with van der Waals surface area (Å²) in [5.74, 6) is 0.0642. The Kier molecular flexibility index (Phi) is 5.75. The van der Waals surface area contributed by atoms with Crippen LogP contribution >= 0.6 is 11.6 Å². The van der Waals surface area contributed by atoms with Gasteiger partial charge in [-0.1, -0.05) is 25.4 Å². The average Bonchev–Trinajstić information content (AvgIpc) is 3.12. The lowest BCUT2D eigenvalue weighted by Gasteiger charge is -2.09.